The Bertz CT molecular complexity index is 778. The largest absolute Gasteiger partial charge is 0.416 e. The number of nitrogens with one attached hydrogen (secondary N) is 1. The Hall–Kier alpha value is -1.33. The van der Waals surface area contributed by atoms with Gasteiger partial charge in [-0.15, -0.1) is 0 Å². The van der Waals surface area contributed by atoms with E-state index in [9.17, 15) is 26.3 Å². The van der Waals surface area contributed by atoms with E-state index in [-0.39, 0.29) is 36.7 Å². The van der Waals surface area contributed by atoms with Crippen molar-refractivity contribution in [3.63, 3.8) is 0 Å². The second kappa shape index (κ2) is 11.5. The van der Waals surface area contributed by atoms with Crippen molar-refractivity contribution in [3.05, 3.63) is 70.8 Å². The first kappa shape index (κ1) is 25.9. The van der Waals surface area contributed by atoms with Gasteiger partial charge in [0, 0.05) is 12.5 Å². The van der Waals surface area contributed by atoms with Crippen molar-refractivity contribution in [3.8, 4) is 0 Å². The van der Waals surface area contributed by atoms with Crippen LogP contribution < -0.4 is 5.32 Å². The van der Waals surface area contributed by atoms with E-state index in [2.05, 4.69) is 27.9 Å². The number of alkyl halides is 7. The molecule has 2 atom stereocenters. The van der Waals surface area contributed by atoms with Crippen LogP contribution in [0.5, 0.6) is 0 Å². The maximum absolute atomic E-state index is 13.0. The van der Waals surface area contributed by atoms with E-state index in [4.69, 9.17) is 4.74 Å². The van der Waals surface area contributed by atoms with Crippen LogP contribution in [-0.4, -0.2) is 24.6 Å². The predicted octanol–water partition coefficient (Wildman–Crippen LogP) is 6.69. The summed E-state index contributed by atoms with van der Waals surface area (Å²) in [5.74, 6) is 0.309. The smallest absolute Gasteiger partial charge is 0.376 e. The molecule has 2 aromatic rings. The van der Waals surface area contributed by atoms with Crippen LogP contribution in [0.25, 0.3) is 0 Å². The molecule has 1 saturated heterocycles. The first-order valence-corrected chi connectivity index (χ1v) is 11.8. The summed E-state index contributed by atoms with van der Waals surface area (Å²) in [6, 6.07) is 11.4. The predicted molar refractivity (Wildman–Crippen MR) is 116 cm³/mol. The summed E-state index contributed by atoms with van der Waals surface area (Å²) >= 11 is 2.15. The lowest BCUT2D eigenvalue weighted by Gasteiger charge is -2.32. The molecule has 0 saturated carbocycles. The van der Waals surface area contributed by atoms with Gasteiger partial charge in [0.05, 0.1) is 24.3 Å². The van der Waals surface area contributed by atoms with Crippen LogP contribution in [0.2, 0.25) is 0 Å². The zero-order chi connectivity index (χ0) is 23.1. The van der Waals surface area contributed by atoms with Gasteiger partial charge in [0.2, 0.25) is 0 Å². The number of hydrogen-bond donors (Lipinski definition) is 1. The Morgan fingerprint density at radius 3 is 2.06 bits per heavy atom. The molecule has 1 fully saturated rings. The molecule has 0 spiro atoms. The summed E-state index contributed by atoms with van der Waals surface area (Å²) in [5, 5.41) is 3.26. The average Bonchev–Trinajstić information content (AvgIpc) is 2.75. The summed E-state index contributed by atoms with van der Waals surface area (Å²) in [6.45, 7) is 1.45. The average molecular weight is 559 g/mol. The highest BCUT2D eigenvalue weighted by Crippen LogP contribution is 2.36. The third kappa shape index (κ3) is 7.64. The molecular formula is C22H24F6INO. The van der Waals surface area contributed by atoms with Gasteiger partial charge >= 0.3 is 12.4 Å². The summed E-state index contributed by atoms with van der Waals surface area (Å²) in [7, 11) is 0. The van der Waals surface area contributed by atoms with Gasteiger partial charge in [-0.3, -0.25) is 0 Å². The summed E-state index contributed by atoms with van der Waals surface area (Å²) in [4.78, 5) is 1.97. The lowest BCUT2D eigenvalue weighted by atomic mass is 9.81. The van der Waals surface area contributed by atoms with E-state index < -0.39 is 23.5 Å². The topological polar surface area (TPSA) is 21.3 Å². The van der Waals surface area contributed by atoms with Gasteiger partial charge in [-0.2, -0.15) is 26.3 Å². The molecule has 0 unspecified atom stereocenters. The zero-order valence-electron chi connectivity index (χ0n) is 16.9. The molecule has 1 heterocycles. The highest BCUT2D eigenvalue weighted by atomic mass is 127. The van der Waals surface area contributed by atoms with E-state index in [1.165, 1.54) is 0 Å². The molecule has 31 heavy (non-hydrogen) atoms. The van der Waals surface area contributed by atoms with Crippen molar-refractivity contribution in [1.29, 1.82) is 0 Å². The molecule has 0 amide bonds. The summed E-state index contributed by atoms with van der Waals surface area (Å²) in [5.41, 5.74) is -1.65. The van der Waals surface area contributed by atoms with Gasteiger partial charge < -0.3 is 10.1 Å². The molecule has 1 N–H and O–H groups in total. The van der Waals surface area contributed by atoms with Crippen LogP contribution in [0, 0.1) is 5.92 Å². The number of rotatable bonds is 5. The van der Waals surface area contributed by atoms with E-state index in [0.717, 1.165) is 18.5 Å². The van der Waals surface area contributed by atoms with Crippen LogP contribution in [-0.2, 0) is 23.7 Å². The van der Waals surface area contributed by atoms with Crippen LogP contribution in [0.3, 0.4) is 0 Å². The van der Waals surface area contributed by atoms with Gasteiger partial charge in [0.25, 0.3) is 0 Å². The van der Waals surface area contributed by atoms with Crippen molar-refractivity contribution in [2.24, 2.45) is 5.92 Å². The summed E-state index contributed by atoms with van der Waals surface area (Å²) < 4.78 is 83.4. The van der Waals surface area contributed by atoms with Crippen LogP contribution in [0.1, 0.15) is 34.6 Å². The highest BCUT2D eigenvalue weighted by Gasteiger charge is 2.37. The SMILES string of the molecule is CI.FC(F)(F)c1cc(COC[C@@H]2CNCC[C@H]2c2ccccc2)cc(C(F)(F)F)c1. The molecule has 2 aromatic carbocycles. The molecule has 1 aliphatic heterocycles. The molecule has 0 aliphatic carbocycles. The fourth-order valence-electron chi connectivity index (χ4n) is 3.67. The minimum atomic E-state index is -4.86. The molecule has 0 radical (unpaired) electrons. The first-order valence-electron chi connectivity index (χ1n) is 9.64. The molecular weight excluding hydrogens is 535 g/mol. The Morgan fingerprint density at radius 2 is 1.52 bits per heavy atom. The Morgan fingerprint density at radius 1 is 0.935 bits per heavy atom. The van der Waals surface area contributed by atoms with Crippen LogP contribution in [0.4, 0.5) is 26.3 Å². The van der Waals surface area contributed by atoms with Crippen molar-refractivity contribution in [2.75, 3.05) is 24.6 Å². The molecule has 0 bridgehead atoms. The second-order valence-corrected chi connectivity index (χ2v) is 7.20. The zero-order valence-corrected chi connectivity index (χ0v) is 19.0. The molecule has 2 nitrogen and oxygen atoms in total. The third-order valence-corrected chi connectivity index (χ3v) is 5.08. The Balaban J connectivity index is 0.00000166. The third-order valence-electron chi connectivity index (χ3n) is 5.08. The van der Waals surface area contributed by atoms with Crippen molar-refractivity contribution < 1.29 is 31.1 Å². The van der Waals surface area contributed by atoms with Crippen molar-refractivity contribution in [2.45, 2.75) is 31.3 Å². The van der Waals surface area contributed by atoms with E-state index in [1.54, 1.807) is 0 Å². The van der Waals surface area contributed by atoms with Gasteiger partial charge in [-0.05, 0) is 53.1 Å². The minimum absolute atomic E-state index is 0.0824. The second-order valence-electron chi connectivity index (χ2n) is 7.20. The van der Waals surface area contributed by atoms with E-state index in [0.29, 0.717) is 18.7 Å². The monoisotopic (exact) mass is 559 g/mol. The fraction of sp³-hybridized carbons (Fsp3) is 0.455. The minimum Gasteiger partial charge on any atom is -0.376 e. The summed E-state index contributed by atoms with van der Waals surface area (Å²) in [6.07, 6.45) is -8.83. The van der Waals surface area contributed by atoms with Crippen LogP contribution in [0.15, 0.2) is 48.5 Å². The fourth-order valence-corrected chi connectivity index (χ4v) is 3.67. The molecule has 1 aliphatic rings. The molecule has 3 rings (SSSR count). The lowest BCUT2D eigenvalue weighted by molar-refractivity contribution is -0.143. The quantitative estimate of drug-likeness (QED) is 0.251. The Kier molecular flexibility index (Phi) is 9.63. The van der Waals surface area contributed by atoms with Crippen molar-refractivity contribution >= 4 is 22.6 Å². The van der Waals surface area contributed by atoms with E-state index in [1.807, 2.05) is 35.3 Å². The maximum atomic E-state index is 13.0. The highest BCUT2D eigenvalue weighted by molar-refractivity contribution is 14.1. The van der Waals surface area contributed by atoms with Gasteiger partial charge in [-0.1, -0.05) is 52.9 Å². The Labute approximate surface area is 191 Å². The lowest BCUT2D eigenvalue weighted by Crippen LogP contribution is -2.37. The van der Waals surface area contributed by atoms with Crippen molar-refractivity contribution in [1.82, 2.24) is 5.32 Å². The standard InChI is InChI=1S/C21H21F6NO.CH3I/c22-20(23,24)17-8-14(9-18(10-17)21(25,26)27)12-29-13-16-11-28-7-6-19(16)15-4-2-1-3-5-15;1-2/h1-5,8-10,16,19,28H,6-7,11-13H2;1H3/t16-,19-;/m0./s1. The van der Waals surface area contributed by atoms with Gasteiger partial charge in [0.15, 0.2) is 0 Å². The normalized spacial score (nSPS) is 19.5. The number of hydrogen-bond acceptors (Lipinski definition) is 2. The molecule has 172 valence electrons. The number of halogens is 7. The number of ether oxygens (including phenoxy) is 1. The first-order chi connectivity index (χ1) is 14.6. The number of benzene rings is 2. The van der Waals surface area contributed by atoms with Gasteiger partial charge in [0.1, 0.15) is 0 Å². The van der Waals surface area contributed by atoms with E-state index >= 15 is 0 Å². The maximum Gasteiger partial charge on any atom is 0.416 e. The van der Waals surface area contributed by atoms with Crippen LogP contribution >= 0.6 is 22.6 Å². The molecule has 0 aromatic heterocycles. The van der Waals surface area contributed by atoms with Gasteiger partial charge in [-0.25, -0.2) is 0 Å². The number of piperidine rings is 1. The molecule has 9 heteroatoms.